The van der Waals surface area contributed by atoms with Crippen molar-refractivity contribution >= 4 is 28.5 Å². The van der Waals surface area contributed by atoms with Gasteiger partial charge in [0.1, 0.15) is 11.4 Å². The molecule has 0 unspecified atom stereocenters. The first-order valence-corrected chi connectivity index (χ1v) is 10.2. The van der Waals surface area contributed by atoms with Crippen molar-refractivity contribution in [2.24, 2.45) is 0 Å². The Morgan fingerprint density at radius 3 is 2.60 bits per heavy atom. The fourth-order valence-corrected chi connectivity index (χ4v) is 3.94. The quantitative estimate of drug-likeness (QED) is 0.520. The molecule has 3 aromatic rings. The van der Waals surface area contributed by atoms with E-state index in [0.717, 1.165) is 0 Å². The van der Waals surface area contributed by atoms with Crippen LogP contribution in [0.15, 0.2) is 51.7 Å². The number of carbonyl (C=O) groups excluding carboxylic acids is 1. The van der Waals surface area contributed by atoms with Crippen LogP contribution in [0.3, 0.4) is 0 Å². The molecule has 0 N–H and O–H groups in total. The minimum atomic E-state index is -0.660. The molecule has 5 nitrogen and oxygen atoms in total. The molecule has 0 bridgehead atoms. The van der Waals surface area contributed by atoms with E-state index in [1.807, 2.05) is 13.8 Å². The lowest BCUT2D eigenvalue weighted by Crippen LogP contribution is -2.31. The van der Waals surface area contributed by atoms with Gasteiger partial charge in [-0.05, 0) is 56.2 Å². The number of ether oxygens (including phenoxy) is 1. The first-order valence-electron chi connectivity index (χ1n) is 9.81. The Morgan fingerprint density at radius 2 is 1.90 bits per heavy atom. The molecule has 156 valence electrons. The maximum atomic E-state index is 13.5. The maximum Gasteiger partial charge on any atom is 0.290 e. The van der Waals surface area contributed by atoms with Gasteiger partial charge in [0.2, 0.25) is 5.76 Å². The number of carbonyl (C=O) groups is 1. The van der Waals surface area contributed by atoms with Crippen LogP contribution in [0.5, 0.6) is 0 Å². The second-order valence-electron chi connectivity index (χ2n) is 7.54. The minimum Gasteiger partial charge on any atom is -0.450 e. The topological polar surface area (TPSA) is 59.8 Å². The van der Waals surface area contributed by atoms with Crippen molar-refractivity contribution in [3.63, 3.8) is 0 Å². The van der Waals surface area contributed by atoms with E-state index < -0.39 is 11.9 Å². The largest absolute Gasteiger partial charge is 0.450 e. The number of hydrogen-bond donors (Lipinski definition) is 0. The van der Waals surface area contributed by atoms with Gasteiger partial charge in [0.05, 0.1) is 23.1 Å². The second-order valence-corrected chi connectivity index (χ2v) is 7.98. The first-order chi connectivity index (χ1) is 14.4. The summed E-state index contributed by atoms with van der Waals surface area (Å²) in [5, 5.41) is 0.714. The lowest BCUT2D eigenvalue weighted by molar-refractivity contribution is 0.0593. The smallest absolute Gasteiger partial charge is 0.290 e. The SMILES string of the molecule is CC(C)OCCCN1C(=O)c2oc3ccc(Cl)cc3c(=O)c2[C@@H]1c1ccc(F)cc1. The minimum absolute atomic E-state index is 0.0222. The second kappa shape index (κ2) is 8.20. The normalized spacial score (nSPS) is 16.0. The Balaban J connectivity index is 1.81. The summed E-state index contributed by atoms with van der Waals surface area (Å²) in [4.78, 5) is 28.1. The Hall–Kier alpha value is -2.70. The maximum absolute atomic E-state index is 13.5. The van der Waals surface area contributed by atoms with Crippen LogP contribution in [0.2, 0.25) is 5.02 Å². The molecule has 4 rings (SSSR count). The lowest BCUT2D eigenvalue weighted by atomic mass is 9.98. The number of hydrogen-bond acceptors (Lipinski definition) is 4. The molecule has 0 saturated carbocycles. The fraction of sp³-hybridized carbons (Fsp3) is 0.304. The molecular formula is C23H21ClFNO4. The van der Waals surface area contributed by atoms with Gasteiger partial charge in [-0.15, -0.1) is 0 Å². The number of rotatable bonds is 6. The van der Waals surface area contributed by atoms with E-state index in [2.05, 4.69) is 0 Å². The number of halogens is 2. The van der Waals surface area contributed by atoms with Crippen molar-refractivity contribution in [3.05, 3.63) is 80.4 Å². The van der Waals surface area contributed by atoms with E-state index in [0.29, 0.717) is 41.1 Å². The molecule has 1 aliphatic rings. The van der Waals surface area contributed by atoms with Gasteiger partial charge in [-0.3, -0.25) is 9.59 Å². The van der Waals surface area contributed by atoms with Crippen LogP contribution in [0.1, 0.15) is 48.0 Å². The predicted molar refractivity (Wildman–Crippen MR) is 112 cm³/mol. The molecule has 30 heavy (non-hydrogen) atoms. The Labute approximate surface area is 178 Å². The van der Waals surface area contributed by atoms with Crippen LogP contribution in [0, 0.1) is 5.82 Å². The zero-order valence-corrected chi connectivity index (χ0v) is 17.4. The Morgan fingerprint density at radius 1 is 1.17 bits per heavy atom. The molecule has 0 saturated heterocycles. The average molecular weight is 430 g/mol. The molecule has 0 fully saturated rings. The zero-order chi connectivity index (χ0) is 21.4. The van der Waals surface area contributed by atoms with Gasteiger partial charge in [-0.25, -0.2) is 4.39 Å². The molecule has 1 aromatic heterocycles. The highest BCUT2D eigenvalue weighted by Gasteiger charge is 2.42. The molecule has 2 aromatic carbocycles. The van der Waals surface area contributed by atoms with Crippen LogP contribution >= 0.6 is 11.6 Å². The number of fused-ring (bicyclic) bond motifs is 2. The van der Waals surface area contributed by atoms with Crippen molar-refractivity contribution in [2.45, 2.75) is 32.4 Å². The van der Waals surface area contributed by atoms with E-state index in [-0.39, 0.29) is 28.8 Å². The van der Waals surface area contributed by atoms with Gasteiger partial charge in [0.15, 0.2) is 5.43 Å². The van der Waals surface area contributed by atoms with Crippen LogP contribution in [-0.2, 0) is 4.74 Å². The summed E-state index contributed by atoms with van der Waals surface area (Å²) in [5.41, 5.74) is 0.893. The van der Waals surface area contributed by atoms with Gasteiger partial charge in [0, 0.05) is 18.2 Å². The zero-order valence-electron chi connectivity index (χ0n) is 16.7. The van der Waals surface area contributed by atoms with E-state index in [1.165, 1.54) is 18.2 Å². The van der Waals surface area contributed by atoms with Gasteiger partial charge in [-0.2, -0.15) is 0 Å². The van der Waals surface area contributed by atoms with Crippen molar-refractivity contribution in [3.8, 4) is 0 Å². The van der Waals surface area contributed by atoms with Crippen LogP contribution in [0.4, 0.5) is 4.39 Å². The van der Waals surface area contributed by atoms with Crippen molar-refractivity contribution in [2.75, 3.05) is 13.2 Å². The van der Waals surface area contributed by atoms with Gasteiger partial charge < -0.3 is 14.1 Å². The monoisotopic (exact) mass is 429 g/mol. The third-order valence-electron chi connectivity index (χ3n) is 5.11. The van der Waals surface area contributed by atoms with Crippen LogP contribution < -0.4 is 5.43 Å². The summed E-state index contributed by atoms with van der Waals surface area (Å²) in [7, 11) is 0. The number of amides is 1. The summed E-state index contributed by atoms with van der Waals surface area (Å²) in [6.07, 6.45) is 0.678. The average Bonchev–Trinajstić information content (AvgIpc) is 2.99. The Bertz CT molecular complexity index is 1160. The Kier molecular flexibility index (Phi) is 5.62. The third-order valence-corrected chi connectivity index (χ3v) is 5.34. The van der Waals surface area contributed by atoms with Crippen LogP contribution in [-0.4, -0.2) is 30.1 Å². The third kappa shape index (κ3) is 3.73. The molecule has 1 atom stereocenters. The first kappa shape index (κ1) is 20.6. The predicted octanol–water partition coefficient (Wildman–Crippen LogP) is 4.95. The van der Waals surface area contributed by atoms with Gasteiger partial charge in [0.25, 0.3) is 5.91 Å². The van der Waals surface area contributed by atoms with Gasteiger partial charge >= 0.3 is 0 Å². The molecule has 1 aliphatic heterocycles. The van der Waals surface area contributed by atoms with E-state index in [4.69, 9.17) is 20.8 Å². The molecule has 0 aliphatic carbocycles. The molecule has 1 amide bonds. The summed E-state index contributed by atoms with van der Waals surface area (Å²) >= 11 is 6.07. The summed E-state index contributed by atoms with van der Waals surface area (Å²) in [6.45, 7) is 4.73. The van der Waals surface area contributed by atoms with Crippen molar-refractivity contribution in [1.82, 2.24) is 4.90 Å². The standard InChI is InChI=1S/C23H21ClFNO4/c1-13(2)29-11-3-10-26-20(14-4-7-16(25)8-5-14)19-21(27)17-12-15(24)6-9-18(17)30-22(19)23(26)28/h4-9,12-13,20H,3,10-11H2,1-2H3/t20-/m0/s1. The molecule has 7 heteroatoms. The van der Waals surface area contributed by atoms with E-state index >= 15 is 0 Å². The summed E-state index contributed by atoms with van der Waals surface area (Å²) < 4.78 is 24.9. The highest BCUT2D eigenvalue weighted by atomic mass is 35.5. The number of nitrogens with zero attached hydrogens (tertiary/aromatic N) is 1. The highest BCUT2D eigenvalue weighted by Crippen LogP contribution is 2.38. The van der Waals surface area contributed by atoms with E-state index in [1.54, 1.807) is 29.2 Å². The summed E-state index contributed by atoms with van der Waals surface area (Å²) in [6, 6.07) is 9.87. The fourth-order valence-electron chi connectivity index (χ4n) is 3.77. The van der Waals surface area contributed by atoms with Crippen molar-refractivity contribution < 1.29 is 18.3 Å². The highest BCUT2D eigenvalue weighted by molar-refractivity contribution is 6.31. The molecule has 0 radical (unpaired) electrons. The lowest BCUT2D eigenvalue weighted by Gasteiger charge is -2.25. The summed E-state index contributed by atoms with van der Waals surface area (Å²) in [5.74, 6) is -0.732. The molecule has 0 spiro atoms. The van der Waals surface area contributed by atoms with Crippen molar-refractivity contribution in [1.29, 1.82) is 0 Å². The van der Waals surface area contributed by atoms with E-state index in [9.17, 15) is 14.0 Å². The molecule has 2 heterocycles. The number of benzene rings is 2. The van der Waals surface area contributed by atoms with Crippen LogP contribution in [0.25, 0.3) is 11.0 Å². The molecular weight excluding hydrogens is 409 g/mol. The van der Waals surface area contributed by atoms with Gasteiger partial charge in [-0.1, -0.05) is 23.7 Å².